The molecule has 0 fully saturated rings. The highest BCUT2D eigenvalue weighted by molar-refractivity contribution is 5.72. The summed E-state index contributed by atoms with van der Waals surface area (Å²) in [6, 6.07) is 0. The van der Waals surface area contributed by atoms with Crippen LogP contribution in [0.5, 0.6) is 0 Å². The Hall–Kier alpha value is -4.41. The summed E-state index contributed by atoms with van der Waals surface area (Å²) in [6.45, 7) is 11.6. The van der Waals surface area contributed by atoms with E-state index in [1.54, 1.807) is 0 Å². The molecule has 0 aliphatic rings. The number of aliphatic hydroxyl groups is 1. The fourth-order valence-corrected chi connectivity index (χ4v) is 10.3. The first-order valence-corrected chi connectivity index (χ1v) is 36.9. The Balaban J connectivity index is 0. The lowest BCUT2D eigenvalue weighted by atomic mass is 10.0. The number of ether oxygens (including phenoxy) is 7. The number of allylic oxidation sites excluding steroid dienone is 12. The third-order valence-corrected chi connectivity index (χ3v) is 15.1. The lowest BCUT2D eigenvalue weighted by Crippen LogP contribution is -2.44. The molecular weight excluding hydrogens is 1170 g/mol. The lowest BCUT2D eigenvalue weighted by Gasteiger charge is -2.28. The Kier molecular flexibility index (Phi) is 64.5. The minimum Gasteiger partial charge on any atom is -0.463 e. The van der Waals surface area contributed by atoms with Crippen LogP contribution < -0.4 is 0 Å². The predicted octanol–water partition coefficient (Wildman–Crippen LogP) is 17.9. The van der Waals surface area contributed by atoms with Gasteiger partial charge in [0.2, 0.25) is 0 Å². The maximum atomic E-state index is 12.8. The van der Waals surface area contributed by atoms with Gasteiger partial charge < -0.3 is 47.2 Å². The average molecular weight is 1320 g/mol. The van der Waals surface area contributed by atoms with Crippen LogP contribution in [-0.2, 0) is 57.1 Å². The summed E-state index contributed by atoms with van der Waals surface area (Å²) in [5, 5.41) is 9.99. The number of unbranched alkanes of at least 4 members (excludes halogenated alkanes) is 26. The molecule has 0 aromatic heterocycles. The molecule has 0 spiro atoms. The molecule has 0 saturated carbocycles. The normalized spacial score (nSPS) is 13.5. The van der Waals surface area contributed by atoms with Crippen molar-refractivity contribution in [2.75, 3.05) is 95.0 Å². The van der Waals surface area contributed by atoms with E-state index in [4.69, 9.17) is 33.2 Å². The molecule has 0 rings (SSSR count). The average Bonchev–Trinajstić information content (AvgIpc) is 3.00. The molecular formula is C78H142N2O13+2. The van der Waals surface area contributed by atoms with Crippen molar-refractivity contribution in [2.24, 2.45) is 0 Å². The molecule has 0 aliphatic heterocycles. The Morgan fingerprint density at radius 1 is 0.355 bits per heavy atom. The largest absolute Gasteiger partial charge is 0.463 e. The fraction of sp³-hybridized carbons (Fsp3) is 0.782. The van der Waals surface area contributed by atoms with Gasteiger partial charge in [-0.25, -0.2) is 0 Å². The number of rotatable bonds is 63. The van der Waals surface area contributed by atoms with Gasteiger partial charge in [0.25, 0.3) is 0 Å². The van der Waals surface area contributed by atoms with E-state index in [1.165, 1.54) is 168 Å². The Bertz CT molecular complexity index is 1950. The van der Waals surface area contributed by atoms with Crippen LogP contribution in [0.25, 0.3) is 0 Å². The number of likely N-dealkylation sites (N-methyl/N-ethyl adjacent to an activating group) is 2. The zero-order chi connectivity index (χ0) is 69.2. The van der Waals surface area contributed by atoms with E-state index in [0.717, 1.165) is 64.2 Å². The van der Waals surface area contributed by atoms with Crippen LogP contribution in [0.3, 0.4) is 0 Å². The maximum Gasteiger partial charge on any atom is 0.309 e. The maximum absolute atomic E-state index is 12.8. The monoisotopic (exact) mass is 1320 g/mol. The third kappa shape index (κ3) is 74.8. The first kappa shape index (κ1) is 90.6. The number of carbonyl (C=O) groups excluding carboxylic acids is 5. The van der Waals surface area contributed by atoms with Gasteiger partial charge in [-0.15, -0.1) is 0 Å². The van der Waals surface area contributed by atoms with Gasteiger partial charge in [0.1, 0.15) is 32.4 Å². The van der Waals surface area contributed by atoms with Gasteiger partial charge in [-0.2, -0.15) is 0 Å². The molecule has 15 nitrogen and oxygen atoms in total. The van der Waals surface area contributed by atoms with Gasteiger partial charge in [-0.05, 0) is 57.8 Å². The summed E-state index contributed by atoms with van der Waals surface area (Å²) in [5.41, 5.74) is 0. The first-order valence-electron chi connectivity index (χ1n) is 36.9. The van der Waals surface area contributed by atoms with E-state index in [2.05, 4.69) is 87.6 Å². The topological polar surface area (TPSA) is 170 Å². The molecule has 4 unspecified atom stereocenters. The molecule has 540 valence electrons. The number of hydrogen-bond acceptors (Lipinski definition) is 13. The zero-order valence-electron chi connectivity index (χ0n) is 61.5. The number of esters is 5. The van der Waals surface area contributed by atoms with E-state index in [0.29, 0.717) is 41.7 Å². The number of quaternary nitrogens is 2. The van der Waals surface area contributed by atoms with Crippen LogP contribution in [-0.4, -0.2) is 163 Å². The number of hydrogen-bond donors (Lipinski definition) is 1. The molecule has 4 atom stereocenters. The third-order valence-electron chi connectivity index (χ3n) is 15.1. The summed E-state index contributed by atoms with van der Waals surface area (Å²) < 4.78 is 39.5. The number of aliphatic hydroxyl groups excluding tert-OH is 1. The number of nitrogens with zero attached hydrogens (tertiary/aromatic N) is 2. The van der Waals surface area contributed by atoms with Gasteiger partial charge in [0.05, 0.1) is 68.3 Å². The van der Waals surface area contributed by atoms with Crippen molar-refractivity contribution >= 4 is 29.8 Å². The van der Waals surface area contributed by atoms with Crippen LogP contribution in [0.1, 0.15) is 279 Å². The molecule has 93 heavy (non-hydrogen) atoms. The van der Waals surface area contributed by atoms with Crippen molar-refractivity contribution in [1.82, 2.24) is 0 Å². The van der Waals surface area contributed by atoms with Gasteiger partial charge in [0, 0.05) is 33.5 Å². The van der Waals surface area contributed by atoms with E-state index in [1.807, 2.05) is 48.4 Å². The van der Waals surface area contributed by atoms with Crippen molar-refractivity contribution in [3.63, 3.8) is 0 Å². The Morgan fingerprint density at radius 2 is 0.667 bits per heavy atom. The highest BCUT2D eigenvalue weighted by atomic mass is 16.6. The van der Waals surface area contributed by atoms with Gasteiger partial charge >= 0.3 is 29.8 Å². The quantitative estimate of drug-likeness (QED) is 0.0201. The van der Waals surface area contributed by atoms with Crippen LogP contribution in [0.15, 0.2) is 72.9 Å². The zero-order valence-corrected chi connectivity index (χ0v) is 61.5. The van der Waals surface area contributed by atoms with Gasteiger partial charge in [-0.3, -0.25) is 24.0 Å². The Labute approximate surface area is 569 Å². The molecule has 0 radical (unpaired) electrons. The smallest absolute Gasteiger partial charge is 0.309 e. The van der Waals surface area contributed by atoms with Crippen molar-refractivity contribution < 1.29 is 71.2 Å². The van der Waals surface area contributed by atoms with E-state index in [9.17, 15) is 29.1 Å². The highest BCUT2D eigenvalue weighted by Gasteiger charge is 2.27. The summed E-state index contributed by atoms with van der Waals surface area (Å²) in [5.74, 6) is -2.22. The van der Waals surface area contributed by atoms with Crippen molar-refractivity contribution in [1.29, 1.82) is 0 Å². The molecule has 0 saturated heterocycles. The SMILES string of the molecule is CC/C=C\C/C=C\C/C=C\C/C=C\C/C=C\C/C=C\CCC(=O)OC(COCCCCCCCCCCCCCCCC)COC(=O)CC(C[N+](C)(C)C)OC(C)=O.CCCCCCCCCCCCCCCCOCC(O)COC(=O)CC(C[N+](C)(C)C)OC(C)=O. The molecule has 0 aliphatic carbocycles. The second kappa shape index (κ2) is 66.2. The number of carbonyl (C=O) groups is 5. The fourth-order valence-electron chi connectivity index (χ4n) is 10.3. The van der Waals surface area contributed by atoms with E-state index in [-0.39, 0.29) is 51.7 Å². The molecule has 0 aromatic carbocycles. The van der Waals surface area contributed by atoms with Gasteiger partial charge in [0.15, 0.2) is 18.3 Å². The second-order valence-corrected chi connectivity index (χ2v) is 27.2. The highest BCUT2D eigenvalue weighted by Crippen LogP contribution is 2.16. The summed E-state index contributed by atoms with van der Waals surface area (Å²) >= 11 is 0. The van der Waals surface area contributed by atoms with Gasteiger partial charge in [-0.1, -0.05) is 261 Å². The van der Waals surface area contributed by atoms with E-state index >= 15 is 0 Å². The van der Waals surface area contributed by atoms with Crippen molar-refractivity contribution in [3.05, 3.63) is 72.9 Å². The van der Waals surface area contributed by atoms with Crippen LogP contribution >= 0.6 is 0 Å². The molecule has 0 bridgehead atoms. The molecule has 0 amide bonds. The van der Waals surface area contributed by atoms with E-state index < -0.39 is 48.3 Å². The molecule has 15 heteroatoms. The van der Waals surface area contributed by atoms with Crippen molar-refractivity contribution in [2.45, 2.75) is 303 Å². The lowest BCUT2D eigenvalue weighted by molar-refractivity contribution is -0.873. The predicted molar refractivity (Wildman–Crippen MR) is 384 cm³/mol. The minimum absolute atomic E-state index is 0.0261. The first-order chi connectivity index (χ1) is 44.7. The molecule has 1 N–H and O–H groups in total. The van der Waals surface area contributed by atoms with Crippen LogP contribution in [0, 0.1) is 0 Å². The molecule has 0 heterocycles. The second-order valence-electron chi connectivity index (χ2n) is 27.2. The minimum atomic E-state index is -0.851. The molecule has 0 aromatic rings. The van der Waals surface area contributed by atoms with Crippen molar-refractivity contribution in [3.8, 4) is 0 Å². The summed E-state index contributed by atoms with van der Waals surface area (Å²) in [4.78, 5) is 60.5. The van der Waals surface area contributed by atoms with Crippen LogP contribution in [0.2, 0.25) is 0 Å². The summed E-state index contributed by atoms with van der Waals surface area (Å²) in [7, 11) is 11.8. The van der Waals surface area contributed by atoms with Crippen LogP contribution in [0.4, 0.5) is 0 Å². The Morgan fingerprint density at radius 3 is 1.00 bits per heavy atom. The standard InChI is InChI=1S/C50H86NO7.C28H56NO6/c1-7-9-11-13-15-17-19-21-23-24-25-26-27-28-30-32-34-36-38-40-49(53)58-48(45-56-50(54)42-47(57-46(3)52)43-51(4,5)6)44-55-41-39-37-35-33-31-29-22-20-18-16-14-12-10-8-2;1-6-7-8-9-10-11-12-13-14-15-16-17-18-19-20-33-23-26(31)24-34-28(32)21-27(35-25(2)30)22-29(3,4)5/h9,11,15,17,21,23,25-26,28,30,34,36,47-48H,7-8,10,12-14,16,18-20,22,24,27,29,31-33,35,37-45H2,1-6H3;26-27,31H,6-24H2,1-5H3/q2*+1/b11-9-,17-15-,23-21-,26-25-,30-28-,36-34-;. The summed E-state index contributed by atoms with van der Waals surface area (Å²) in [6.07, 6.45) is 66.0.